The SMILES string of the molecule is CN(C)C.CO.Cc1cc(C=O)ccc1CCSN1CCC2(CC1)N=C(c1cccc(OC(F)(F)F)c1)N=C2N. The van der Waals surface area contributed by atoms with Crippen LogP contribution in [0.3, 0.4) is 0 Å². The van der Waals surface area contributed by atoms with Crippen LogP contribution >= 0.6 is 11.9 Å². The summed E-state index contributed by atoms with van der Waals surface area (Å²) < 4.78 is 44.0. The molecule has 2 aromatic carbocycles. The molecule has 0 aromatic heterocycles. The van der Waals surface area contributed by atoms with Crippen molar-refractivity contribution in [1.29, 1.82) is 0 Å². The molecule has 3 N–H and O–H groups in total. The highest BCUT2D eigenvalue weighted by Crippen LogP contribution is 2.34. The molecular weight excluding hydrogens is 543 g/mol. The van der Waals surface area contributed by atoms with Crippen molar-refractivity contribution >= 4 is 29.9 Å². The molecular formula is C28H38F3N5O3S. The number of piperidine rings is 1. The minimum atomic E-state index is -4.76. The fourth-order valence-corrected chi connectivity index (χ4v) is 5.19. The molecule has 4 rings (SSSR count). The molecule has 40 heavy (non-hydrogen) atoms. The van der Waals surface area contributed by atoms with E-state index >= 15 is 0 Å². The first-order chi connectivity index (χ1) is 18.9. The number of nitrogens with two attached hydrogens (primary N) is 1. The number of nitrogens with zero attached hydrogens (tertiary/aromatic N) is 4. The van der Waals surface area contributed by atoms with E-state index in [-0.39, 0.29) is 5.75 Å². The molecule has 0 bridgehead atoms. The molecule has 1 spiro atoms. The van der Waals surface area contributed by atoms with Gasteiger partial charge in [0.25, 0.3) is 0 Å². The van der Waals surface area contributed by atoms with Crippen LogP contribution in [-0.2, 0) is 6.42 Å². The number of benzene rings is 2. The van der Waals surface area contributed by atoms with Crippen molar-refractivity contribution in [3.05, 3.63) is 64.7 Å². The second kappa shape index (κ2) is 15.2. The fraction of sp³-hybridized carbons (Fsp3) is 0.464. The zero-order chi connectivity index (χ0) is 29.9. The topological polar surface area (TPSA) is 104 Å². The average Bonchev–Trinajstić information content (AvgIpc) is 3.21. The van der Waals surface area contributed by atoms with Crippen molar-refractivity contribution in [3.63, 3.8) is 0 Å². The summed E-state index contributed by atoms with van der Waals surface area (Å²) in [6.07, 6.45) is -1.63. The Kier molecular flexibility index (Phi) is 12.6. The van der Waals surface area contributed by atoms with Crippen molar-refractivity contribution in [1.82, 2.24) is 9.21 Å². The van der Waals surface area contributed by atoms with Gasteiger partial charge in [0.05, 0.1) is 0 Å². The Morgan fingerprint density at radius 2 is 1.80 bits per heavy atom. The van der Waals surface area contributed by atoms with Gasteiger partial charge < -0.3 is 20.5 Å². The van der Waals surface area contributed by atoms with E-state index in [4.69, 9.17) is 15.8 Å². The highest BCUT2D eigenvalue weighted by molar-refractivity contribution is 7.97. The van der Waals surface area contributed by atoms with E-state index in [1.165, 1.54) is 23.8 Å². The Labute approximate surface area is 238 Å². The summed E-state index contributed by atoms with van der Waals surface area (Å²) in [6.45, 7) is 3.57. The molecule has 12 heteroatoms. The Balaban J connectivity index is 0.000000858. The van der Waals surface area contributed by atoms with E-state index < -0.39 is 11.9 Å². The maximum atomic E-state index is 12.6. The van der Waals surface area contributed by atoms with Crippen molar-refractivity contribution < 1.29 is 27.8 Å². The van der Waals surface area contributed by atoms with Crippen LogP contribution in [0, 0.1) is 6.92 Å². The van der Waals surface area contributed by atoms with E-state index in [0.29, 0.717) is 35.6 Å². The lowest BCUT2D eigenvalue weighted by atomic mass is 9.88. The molecule has 1 saturated heterocycles. The number of rotatable bonds is 7. The molecule has 2 aliphatic rings. The number of aliphatic hydroxyl groups excluding tert-OH is 1. The maximum absolute atomic E-state index is 12.6. The van der Waals surface area contributed by atoms with Gasteiger partial charge in [0.15, 0.2) is 5.84 Å². The zero-order valence-corrected chi connectivity index (χ0v) is 24.3. The van der Waals surface area contributed by atoms with Gasteiger partial charge in [-0.2, -0.15) is 0 Å². The quantitative estimate of drug-likeness (QED) is 0.371. The van der Waals surface area contributed by atoms with Gasteiger partial charge in [0.1, 0.15) is 23.4 Å². The number of aryl methyl sites for hydroxylation is 2. The molecule has 0 aliphatic carbocycles. The summed E-state index contributed by atoms with van der Waals surface area (Å²) in [5.41, 5.74) is 9.10. The maximum Gasteiger partial charge on any atom is 0.573 e. The lowest BCUT2D eigenvalue weighted by molar-refractivity contribution is -0.274. The predicted octanol–water partition coefficient (Wildman–Crippen LogP) is 4.34. The van der Waals surface area contributed by atoms with Gasteiger partial charge in [-0.25, -0.2) is 4.99 Å². The molecule has 1 fully saturated rings. The highest BCUT2D eigenvalue weighted by atomic mass is 32.2. The van der Waals surface area contributed by atoms with Gasteiger partial charge >= 0.3 is 6.36 Å². The number of ether oxygens (including phenoxy) is 1. The van der Waals surface area contributed by atoms with Crippen LogP contribution in [-0.4, -0.2) is 91.3 Å². The van der Waals surface area contributed by atoms with Gasteiger partial charge in [0.2, 0.25) is 0 Å². The molecule has 0 atom stereocenters. The number of alkyl halides is 3. The smallest absolute Gasteiger partial charge is 0.406 e. The minimum absolute atomic E-state index is 0.315. The number of hydrogen-bond donors (Lipinski definition) is 2. The molecule has 0 radical (unpaired) electrons. The van der Waals surface area contributed by atoms with Crippen LogP contribution in [0.5, 0.6) is 5.75 Å². The van der Waals surface area contributed by atoms with Gasteiger partial charge in [-0.1, -0.05) is 36.2 Å². The normalized spacial score (nSPS) is 16.4. The molecule has 220 valence electrons. The van der Waals surface area contributed by atoms with Gasteiger partial charge in [0, 0.05) is 37.1 Å². The van der Waals surface area contributed by atoms with Gasteiger partial charge in [-0.15, -0.1) is 13.2 Å². The third kappa shape index (κ3) is 9.92. The first-order valence-electron chi connectivity index (χ1n) is 12.7. The van der Waals surface area contributed by atoms with Crippen LogP contribution in [0.15, 0.2) is 52.4 Å². The van der Waals surface area contributed by atoms with E-state index in [1.807, 2.05) is 51.2 Å². The van der Waals surface area contributed by atoms with Crippen molar-refractivity contribution in [2.75, 3.05) is 47.1 Å². The van der Waals surface area contributed by atoms with Crippen LogP contribution in [0.25, 0.3) is 0 Å². The first kappa shape index (κ1) is 33.3. The van der Waals surface area contributed by atoms with E-state index in [0.717, 1.165) is 44.2 Å². The molecule has 0 saturated carbocycles. The number of carbonyl (C=O) groups excluding carboxylic acids is 1. The number of aliphatic hydroxyl groups is 1. The Morgan fingerprint density at radius 3 is 2.38 bits per heavy atom. The van der Waals surface area contributed by atoms with Crippen LogP contribution in [0.1, 0.15) is 39.9 Å². The van der Waals surface area contributed by atoms with Crippen molar-refractivity contribution in [3.8, 4) is 5.75 Å². The molecule has 2 heterocycles. The van der Waals surface area contributed by atoms with Crippen LogP contribution < -0.4 is 10.5 Å². The molecule has 2 aromatic rings. The number of aldehydes is 1. The number of halogens is 3. The monoisotopic (exact) mass is 581 g/mol. The Hall–Kier alpha value is -2.93. The van der Waals surface area contributed by atoms with Crippen molar-refractivity contribution in [2.45, 2.75) is 38.1 Å². The second-order valence-electron chi connectivity index (χ2n) is 9.70. The minimum Gasteiger partial charge on any atom is -0.406 e. The molecule has 0 amide bonds. The standard InChI is InChI=1S/C24H25F3N4O2S.C3H9N.CH4O/c1-16-13-17(15-32)5-6-18(16)7-12-34-31-10-8-23(9-11-31)22(28)29-21(30-23)19-3-2-4-20(14-19)33-24(25,26)27;1-4(2)3;1-2/h2-6,13-15H,7-12H2,1H3,(H2,28,29,30);1-3H3;2H,1H3. The van der Waals surface area contributed by atoms with E-state index in [2.05, 4.69) is 14.0 Å². The van der Waals surface area contributed by atoms with Crippen LogP contribution in [0.2, 0.25) is 0 Å². The Morgan fingerprint density at radius 1 is 1.15 bits per heavy atom. The average molecular weight is 582 g/mol. The molecule has 8 nitrogen and oxygen atoms in total. The highest BCUT2D eigenvalue weighted by Gasteiger charge is 2.42. The fourth-order valence-electron chi connectivity index (χ4n) is 4.18. The van der Waals surface area contributed by atoms with E-state index in [1.54, 1.807) is 18.0 Å². The predicted molar refractivity (Wildman–Crippen MR) is 155 cm³/mol. The summed E-state index contributed by atoms with van der Waals surface area (Å²) in [7, 11) is 7.00. The number of amidine groups is 2. The largest absolute Gasteiger partial charge is 0.573 e. The summed E-state index contributed by atoms with van der Waals surface area (Å²) in [5, 5.41) is 7.00. The zero-order valence-electron chi connectivity index (χ0n) is 23.5. The molecule has 2 aliphatic heterocycles. The Bertz CT molecular complexity index is 1180. The summed E-state index contributed by atoms with van der Waals surface area (Å²) >= 11 is 1.77. The van der Waals surface area contributed by atoms with Crippen LogP contribution in [0.4, 0.5) is 13.2 Å². The van der Waals surface area contributed by atoms with Crippen molar-refractivity contribution in [2.24, 2.45) is 15.7 Å². The summed E-state index contributed by atoms with van der Waals surface area (Å²) in [4.78, 5) is 22.0. The first-order valence-corrected chi connectivity index (χ1v) is 13.6. The van der Waals surface area contributed by atoms with Gasteiger partial charge in [-0.3, -0.25) is 14.1 Å². The molecule has 0 unspecified atom stereocenters. The summed E-state index contributed by atoms with van der Waals surface area (Å²) in [5.74, 6) is 1.34. The lowest BCUT2D eigenvalue weighted by Gasteiger charge is -2.36. The van der Waals surface area contributed by atoms with E-state index in [9.17, 15) is 18.0 Å². The number of aliphatic imine (C=N–C) groups is 2. The number of hydrogen-bond acceptors (Lipinski definition) is 9. The third-order valence-electron chi connectivity index (χ3n) is 6.05. The lowest BCUT2D eigenvalue weighted by Crippen LogP contribution is -2.48. The number of carbonyl (C=O) groups is 1. The second-order valence-corrected chi connectivity index (χ2v) is 10.9. The van der Waals surface area contributed by atoms with Gasteiger partial charge in [-0.05, 0) is 76.7 Å². The summed E-state index contributed by atoms with van der Waals surface area (Å²) in [6, 6.07) is 11.4. The third-order valence-corrected chi connectivity index (χ3v) is 7.16.